The molecule has 1 aliphatic rings. The van der Waals surface area contributed by atoms with Gasteiger partial charge in [-0.25, -0.2) is 5.01 Å². The fourth-order valence-corrected chi connectivity index (χ4v) is 1.12. The zero-order valence-corrected chi connectivity index (χ0v) is 8.05. The molecule has 4 nitrogen and oxygen atoms in total. The molecule has 0 radical (unpaired) electrons. The van der Waals surface area contributed by atoms with E-state index in [0.29, 0.717) is 6.04 Å². The summed E-state index contributed by atoms with van der Waals surface area (Å²) in [5.74, 6) is 4.70. The van der Waals surface area contributed by atoms with Crippen LogP contribution in [0.1, 0.15) is 18.5 Å². The Hall–Kier alpha value is -1.39. The molecule has 1 fully saturated rings. The van der Waals surface area contributed by atoms with Gasteiger partial charge in [-0.2, -0.15) is 0 Å². The first-order valence-electron chi connectivity index (χ1n) is 4.37. The first-order chi connectivity index (χ1) is 6.61. The minimum atomic E-state index is -0.833. The van der Waals surface area contributed by atoms with Gasteiger partial charge in [-0.1, -0.05) is 30.3 Å². The quantitative estimate of drug-likeness (QED) is 0.517. The number of aliphatic carboxylic acids is 1. The van der Waals surface area contributed by atoms with Crippen molar-refractivity contribution in [2.24, 2.45) is 5.84 Å². The Balaban J connectivity index is 0.000000213. The van der Waals surface area contributed by atoms with Gasteiger partial charge in [-0.15, -0.1) is 0 Å². The zero-order chi connectivity index (χ0) is 10.6. The van der Waals surface area contributed by atoms with E-state index >= 15 is 0 Å². The standard InChI is InChI=1S/C8H10N2.C2H4O2/c9-10-6-8(10)7-4-2-1-3-5-7;1-2(3)4/h1-5,8H,6,9H2;1H3,(H,3,4). The number of carboxylic acids is 1. The topological polar surface area (TPSA) is 66.3 Å². The molecule has 1 saturated heterocycles. The largest absolute Gasteiger partial charge is 0.481 e. The number of carboxylic acid groups (broad SMARTS) is 1. The van der Waals surface area contributed by atoms with Gasteiger partial charge < -0.3 is 5.11 Å². The van der Waals surface area contributed by atoms with Gasteiger partial charge in [-0.3, -0.25) is 10.6 Å². The lowest BCUT2D eigenvalue weighted by atomic mass is 10.2. The summed E-state index contributed by atoms with van der Waals surface area (Å²) in [5.41, 5.74) is 1.32. The van der Waals surface area contributed by atoms with E-state index < -0.39 is 5.97 Å². The second-order valence-corrected chi connectivity index (χ2v) is 3.14. The first kappa shape index (κ1) is 10.7. The molecule has 1 aromatic carbocycles. The Kier molecular flexibility index (Phi) is 3.62. The molecule has 1 heterocycles. The highest BCUT2D eigenvalue weighted by Crippen LogP contribution is 2.29. The number of hydrazine groups is 1. The van der Waals surface area contributed by atoms with Gasteiger partial charge in [0.05, 0.1) is 6.04 Å². The highest BCUT2D eigenvalue weighted by Gasteiger charge is 2.31. The van der Waals surface area contributed by atoms with Crippen molar-refractivity contribution in [3.8, 4) is 0 Å². The van der Waals surface area contributed by atoms with Crippen molar-refractivity contribution in [2.75, 3.05) is 6.54 Å². The molecule has 0 aliphatic carbocycles. The Labute approximate surface area is 82.9 Å². The number of carbonyl (C=O) groups is 1. The first-order valence-corrected chi connectivity index (χ1v) is 4.37. The van der Waals surface area contributed by atoms with Crippen LogP contribution in [0.25, 0.3) is 0 Å². The van der Waals surface area contributed by atoms with Crippen LogP contribution in [-0.4, -0.2) is 22.6 Å². The SMILES string of the molecule is CC(=O)O.NN1CC1c1ccccc1. The summed E-state index contributed by atoms with van der Waals surface area (Å²) >= 11 is 0. The van der Waals surface area contributed by atoms with Crippen molar-refractivity contribution in [3.63, 3.8) is 0 Å². The van der Waals surface area contributed by atoms with Crippen molar-refractivity contribution in [1.29, 1.82) is 0 Å². The lowest BCUT2D eigenvalue weighted by molar-refractivity contribution is -0.134. The van der Waals surface area contributed by atoms with E-state index in [1.807, 2.05) is 23.2 Å². The second-order valence-electron chi connectivity index (χ2n) is 3.14. The highest BCUT2D eigenvalue weighted by molar-refractivity contribution is 5.62. The van der Waals surface area contributed by atoms with Crippen molar-refractivity contribution in [2.45, 2.75) is 13.0 Å². The van der Waals surface area contributed by atoms with Gasteiger partial charge >= 0.3 is 0 Å². The van der Waals surface area contributed by atoms with Crippen LogP contribution in [0.4, 0.5) is 0 Å². The van der Waals surface area contributed by atoms with Gasteiger partial charge in [0.1, 0.15) is 0 Å². The second kappa shape index (κ2) is 4.74. The van der Waals surface area contributed by atoms with Gasteiger partial charge in [0.2, 0.25) is 0 Å². The lowest BCUT2D eigenvalue weighted by Crippen LogP contribution is -2.05. The fraction of sp³-hybridized carbons (Fsp3) is 0.300. The molecule has 0 spiro atoms. The average Bonchev–Trinajstić information content (AvgIpc) is 2.83. The van der Waals surface area contributed by atoms with Crippen molar-refractivity contribution < 1.29 is 9.90 Å². The van der Waals surface area contributed by atoms with Crippen molar-refractivity contribution >= 4 is 5.97 Å². The third-order valence-electron chi connectivity index (χ3n) is 1.83. The molecule has 0 amide bonds. The van der Waals surface area contributed by atoms with E-state index in [0.717, 1.165) is 13.5 Å². The van der Waals surface area contributed by atoms with E-state index in [9.17, 15) is 0 Å². The van der Waals surface area contributed by atoms with Crippen LogP contribution in [0.2, 0.25) is 0 Å². The summed E-state index contributed by atoms with van der Waals surface area (Å²) < 4.78 is 0. The third kappa shape index (κ3) is 3.55. The number of nitrogens with zero attached hydrogens (tertiary/aromatic N) is 1. The normalized spacial score (nSPS) is 23.3. The minimum absolute atomic E-state index is 0.487. The molecule has 1 aliphatic heterocycles. The third-order valence-corrected chi connectivity index (χ3v) is 1.83. The molecule has 2 rings (SSSR count). The molecule has 1 aromatic rings. The summed E-state index contributed by atoms with van der Waals surface area (Å²) in [6.07, 6.45) is 0. The van der Waals surface area contributed by atoms with E-state index in [2.05, 4.69) is 12.1 Å². The lowest BCUT2D eigenvalue weighted by Gasteiger charge is -1.94. The van der Waals surface area contributed by atoms with E-state index in [4.69, 9.17) is 15.7 Å². The number of hydrogen-bond acceptors (Lipinski definition) is 3. The maximum atomic E-state index is 9.00. The minimum Gasteiger partial charge on any atom is -0.481 e. The summed E-state index contributed by atoms with van der Waals surface area (Å²) in [4.78, 5) is 9.00. The summed E-state index contributed by atoms with van der Waals surface area (Å²) in [6.45, 7) is 2.09. The van der Waals surface area contributed by atoms with Gasteiger partial charge in [0, 0.05) is 13.5 Å². The van der Waals surface area contributed by atoms with Crippen LogP contribution in [0, 0.1) is 0 Å². The molecule has 2 atom stereocenters. The molecule has 76 valence electrons. The van der Waals surface area contributed by atoms with Crippen molar-refractivity contribution in [3.05, 3.63) is 35.9 Å². The number of hydrogen-bond donors (Lipinski definition) is 2. The average molecular weight is 194 g/mol. The maximum Gasteiger partial charge on any atom is 0.300 e. The summed E-state index contributed by atoms with van der Waals surface area (Å²) in [7, 11) is 0. The Morgan fingerprint density at radius 1 is 1.50 bits per heavy atom. The highest BCUT2D eigenvalue weighted by atomic mass is 16.4. The molecule has 3 N–H and O–H groups in total. The van der Waals surface area contributed by atoms with Crippen LogP contribution < -0.4 is 5.84 Å². The Morgan fingerprint density at radius 2 is 1.93 bits per heavy atom. The molecule has 4 heteroatoms. The Bertz CT molecular complexity index is 296. The molecule has 14 heavy (non-hydrogen) atoms. The van der Waals surface area contributed by atoms with E-state index in [1.165, 1.54) is 5.56 Å². The van der Waals surface area contributed by atoms with Crippen molar-refractivity contribution in [1.82, 2.24) is 5.01 Å². The predicted molar refractivity (Wildman–Crippen MR) is 53.4 cm³/mol. The van der Waals surface area contributed by atoms with Crippen LogP contribution in [0.3, 0.4) is 0 Å². The molecular weight excluding hydrogens is 180 g/mol. The number of benzene rings is 1. The maximum absolute atomic E-state index is 9.00. The van der Waals surface area contributed by atoms with Crippen LogP contribution >= 0.6 is 0 Å². The number of nitrogens with two attached hydrogens (primary N) is 1. The monoisotopic (exact) mass is 194 g/mol. The van der Waals surface area contributed by atoms with Crippen LogP contribution in [0.15, 0.2) is 30.3 Å². The van der Waals surface area contributed by atoms with Gasteiger partial charge in [-0.05, 0) is 5.56 Å². The molecule has 0 aromatic heterocycles. The molecule has 0 saturated carbocycles. The predicted octanol–water partition coefficient (Wildman–Crippen LogP) is 1.01. The van der Waals surface area contributed by atoms with Crippen LogP contribution in [-0.2, 0) is 4.79 Å². The molecule has 2 unspecified atom stereocenters. The smallest absolute Gasteiger partial charge is 0.300 e. The Morgan fingerprint density at radius 3 is 2.29 bits per heavy atom. The van der Waals surface area contributed by atoms with Gasteiger partial charge in [0.25, 0.3) is 5.97 Å². The van der Waals surface area contributed by atoms with E-state index in [-0.39, 0.29) is 0 Å². The molecule has 0 bridgehead atoms. The van der Waals surface area contributed by atoms with Gasteiger partial charge in [0.15, 0.2) is 0 Å². The molecular formula is C10H14N2O2. The summed E-state index contributed by atoms with van der Waals surface area (Å²) in [5, 5.41) is 9.25. The fourth-order valence-electron chi connectivity index (χ4n) is 1.12. The zero-order valence-electron chi connectivity index (χ0n) is 8.05. The number of rotatable bonds is 1. The van der Waals surface area contributed by atoms with Crippen LogP contribution in [0.5, 0.6) is 0 Å². The summed E-state index contributed by atoms with van der Waals surface area (Å²) in [6, 6.07) is 10.8. The van der Waals surface area contributed by atoms with E-state index in [1.54, 1.807) is 0 Å².